The zero-order valence-electron chi connectivity index (χ0n) is 17.3. The van der Waals surface area contributed by atoms with Gasteiger partial charge in [0.05, 0.1) is 12.1 Å². The van der Waals surface area contributed by atoms with Crippen LogP contribution in [0.5, 0.6) is 0 Å². The number of hydrogen-bond donors (Lipinski definition) is 2. The maximum atomic E-state index is 6.00. The van der Waals surface area contributed by atoms with Gasteiger partial charge >= 0.3 is 0 Å². The van der Waals surface area contributed by atoms with Crippen molar-refractivity contribution in [2.24, 2.45) is 5.92 Å². The summed E-state index contributed by atoms with van der Waals surface area (Å²) in [5.41, 5.74) is 0. The third kappa shape index (κ3) is 5.12. The second kappa shape index (κ2) is 9.35. The third-order valence-electron chi connectivity index (χ3n) is 5.75. The number of rotatable bonds is 6. The van der Waals surface area contributed by atoms with E-state index in [2.05, 4.69) is 55.6 Å². The van der Waals surface area contributed by atoms with Crippen molar-refractivity contribution in [1.29, 1.82) is 0 Å². The van der Waals surface area contributed by atoms with E-state index in [1.807, 2.05) is 12.1 Å². The van der Waals surface area contributed by atoms with Crippen molar-refractivity contribution >= 4 is 17.5 Å². The largest absolute Gasteiger partial charge is 0.376 e. The van der Waals surface area contributed by atoms with Gasteiger partial charge in [-0.25, -0.2) is 9.97 Å². The number of anilines is 3. The van der Waals surface area contributed by atoms with Crippen molar-refractivity contribution in [3.05, 3.63) is 30.7 Å². The molecular formula is C21H31N7O. The lowest BCUT2D eigenvalue weighted by Gasteiger charge is -2.35. The standard InChI is InChI=1S/C21H31N7O/c1-15(2)21-17(5-4-12-29-21)26-19-13-20(23-14-22-19)28-10-7-16(8-11-28)25-18-6-3-9-24-27-18/h3,6,9,13-17,21H,4-5,7-8,10-12H2,1-2H3,(H,25,27)(H,22,23,26)/t17-,21+/m1/s1. The number of hydrogen-bond acceptors (Lipinski definition) is 8. The molecule has 29 heavy (non-hydrogen) atoms. The van der Waals surface area contributed by atoms with Crippen molar-refractivity contribution in [2.75, 3.05) is 35.2 Å². The topological polar surface area (TPSA) is 88.1 Å². The van der Waals surface area contributed by atoms with E-state index < -0.39 is 0 Å². The van der Waals surface area contributed by atoms with Gasteiger partial charge in [-0.15, -0.1) is 5.10 Å². The van der Waals surface area contributed by atoms with Crippen LogP contribution in [0.1, 0.15) is 39.5 Å². The summed E-state index contributed by atoms with van der Waals surface area (Å²) in [6.45, 7) is 7.20. The highest BCUT2D eigenvalue weighted by atomic mass is 16.5. The first kappa shape index (κ1) is 19.8. The number of aromatic nitrogens is 4. The minimum absolute atomic E-state index is 0.227. The van der Waals surface area contributed by atoms with Gasteiger partial charge in [-0.3, -0.25) is 0 Å². The molecule has 2 aromatic rings. The van der Waals surface area contributed by atoms with Gasteiger partial charge in [-0.2, -0.15) is 5.10 Å². The zero-order valence-corrected chi connectivity index (χ0v) is 17.3. The Morgan fingerprint density at radius 1 is 1.10 bits per heavy atom. The normalized spacial score (nSPS) is 23.2. The van der Waals surface area contributed by atoms with E-state index in [9.17, 15) is 0 Å². The summed E-state index contributed by atoms with van der Waals surface area (Å²) in [4.78, 5) is 11.3. The van der Waals surface area contributed by atoms with E-state index in [0.29, 0.717) is 18.0 Å². The fraction of sp³-hybridized carbons (Fsp3) is 0.619. The first-order chi connectivity index (χ1) is 14.2. The molecule has 0 radical (unpaired) electrons. The predicted octanol–water partition coefficient (Wildman–Crippen LogP) is 2.96. The summed E-state index contributed by atoms with van der Waals surface area (Å²) in [5.74, 6) is 3.19. The highest BCUT2D eigenvalue weighted by molar-refractivity contribution is 5.49. The third-order valence-corrected chi connectivity index (χ3v) is 5.75. The molecule has 2 saturated heterocycles. The van der Waals surface area contributed by atoms with E-state index in [4.69, 9.17) is 4.74 Å². The van der Waals surface area contributed by atoms with Gasteiger partial charge in [-0.1, -0.05) is 13.8 Å². The lowest BCUT2D eigenvalue weighted by Crippen LogP contribution is -2.43. The van der Waals surface area contributed by atoms with Crippen LogP contribution < -0.4 is 15.5 Å². The van der Waals surface area contributed by atoms with Crippen LogP contribution in [0.3, 0.4) is 0 Å². The lowest BCUT2D eigenvalue weighted by atomic mass is 9.93. The van der Waals surface area contributed by atoms with Crippen LogP contribution >= 0.6 is 0 Å². The fourth-order valence-corrected chi connectivity index (χ4v) is 4.24. The molecule has 0 saturated carbocycles. The average Bonchev–Trinajstić information content (AvgIpc) is 2.75. The predicted molar refractivity (Wildman–Crippen MR) is 114 cm³/mol. The van der Waals surface area contributed by atoms with Crippen LogP contribution in [0.25, 0.3) is 0 Å². The van der Waals surface area contributed by atoms with Gasteiger partial charge in [0.2, 0.25) is 0 Å². The molecule has 0 unspecified atom stereocenters. The molecule has 2 aliphatic heterocycles. The first-order valence-corrected chi connectivity index (χ1v) is 10.7. The quantitative estimate of drug-likeness (QED) is 0.769. The molecule has 2 aliphatic rings. The van der Waals surface area contributed by atoms with Gasteiger partial charge in [0, 0.05) is 38.0 Å². The molecule has 0 amide bonds. The molecule has 4 heterocycles. The van der Waals surface area contributed by atoms with Crippen molar-refractivity contribution in [3.8, 4) is 0 Å². The smallest absolute Gasteiger partial charge is 0.148 e. The van der Waals surface area contributed by atoms with Gasteiger partial charge in [0.25, 0.3) is 0 Å². The van der Waals surface area contributed by atoms with Gasteiger partial charge in [0.15, 0.2) is 0 Å². The summed E-state index contributed by atoms with van der Waals surface area (Å²) in [6.07, 6.45) is 7.86. The molecule has 2 N–H and O–H groups in total. The molecule has 4 rings (SSSR count). The summed E-state index contributed by atoms with van der Waals surface area (Å²) < 4.78 is 6.00. The Balaban J connectivity index is 1.34. The molecule has 0 spiro atoms. The monoisotopic (exact) mass is 397 g/mol. The number of nitrogens with one attached hydrogen (secondary N) is 2. The Morgan fingerprint density at radius 3 is 2.72 bits per heavy atom. The fourth-order valence-electron chi connectivity index (χ4n) is 4.24. The van der Waals surface area contributed by atoms with Crippen LogP contribution in [0.2, 0.25) is 0 Å². The van der Waals surface area contributed by atoms with Crippen LogP contribution in [-0.2, 0) is 4.74 Å². The van der Waals surface area contributed by atoms with Gasteiger partial charge in [-0.05, 0) is 43.7 Å². The minimum Gasteiger partial charge on any atom is -0.376 e. The molecule has 0 aliphatic carbocycles. The molecule has 156 valence electrons. The Morgan fingerprint density at radius 2 is 1.97 bits per heavy atom. The van der Waals surface area contributed by atoms with E-state index in [1.165, 1.54) is 0 Å². The maximum Gasteiger partial charge on any atom is 0.148 e. The molecule has 0 bridgehead atoms. The van der Waals surface area contributed by atoms with Crippen LogP contribution in [0.15, 0.2) is 30.7 Å². The second-order valence-electron chi connectivity index (χ2n) is 8.25. The summed E-state index contributed by atoms with van der Waals surface area (Å²) in [5, 5.41) is 15.1. The van der Waals surface area contributed by atoms with E-state index >= 15 is 0 Å². The molecule has 8 nitrogen and oxygen atoms in total. The Bertz CT molecular complexity index is 765. The molecule has 0 aromatic carbocycles. The molecular weight excluding hydrogens is 366 g/mol. The summed E-state index contributed by atoms with van der Waals surface area (Å²) in [7, 11) is 0. The van der Waals surface area contributed by atoms with Crippen molar-refractivity contribution in [3.63, 3.8) is 0 Å². The molecule has 2 aromatic heterocycles. The van der Waals surface area contributed by atoms with Crippen LogP contribution in [0, 0.1) is 5.92 Å². The summed E-state index contributed by atoms with van der Waals surface area (Å²) in [6, 6.07) is 6.65. The lowest BCUT2D eigenvalue weighted by molar-refractivity contribution is -0.0203. The molecule has 2 atom stereocenters. The SMILES string of the molecule is CC(C)[C@@H]1OCCC[C@H]1Nc1cc(N2CCC(Nc3cccnn3)CC2)ncn1. The Kier molecular flexibility index (Phi) is 6.39. The van der Waals surface area contributed by atoms with Crippen LogP contribution in [-0.4, -0.2) is 58.0 Å². The Labute approximate surface area is 172 Å². The highest BCUT2D eigenvalue weighted by Crippen LogP contribution is 2.25. The van der Waals surface area contributed by atoms with Gasteiger partial charge in [0.1, 0.15) is 23.8 Å². The number of nitrogens with zero attached hydrogens (tertiary/aromatic N) is 5. The van der Waals surface area contributed by atoms with Crippen molar-refractivity contribution < 1.29 is 4.74 Å². The number of ether oxygens (including phenoxy) is 1. The Hall–Kier alpha value is -2.48. The van der Waals surface area contributed by atoms with E-state index in [0.717, 1.165) is 62.8 Å². The van der Waals surface area contributed by atoms with E-state index in [-0.39, 0.29) is 6.10 Å². The van der Waals surface area contributed by atoms with Gasteiger partial charge < -0.3 is 20.3 Å². The molecule has 8 heteroatoms. The zero-order chi connectivity index (χ0) is 20.1. The van der Waals surface area contributed by atoms with E-state index in [1.54, 1.807) is 12.5 Å². The second-order valence-corrected chi connectivity index (χ2v) is 8.25. The minimum atomic E-state index is 0.227. The van der Waals surface area contributed by atoms with Crippen LogP contribution in [0.4, 0.5) is 17.5 Å². The first-order valence-electron chi connectivity index (χ1n) is 10.7. The average molecular weight is 398 g/mol. The highest BCUT2D eigenvalue weighted by Gasteiger charge is 2.29. The van der Waals surface area contributed by atoms with Crippen molar-refractivity contribution in [2.45, 2.75) is 57.7 Å². The molecule has 2 fully saturated rings. The summed E-state index contributed by atoms with van der Waals surface area (Å²) >= 11 is 0. The maximum absolute atomic E-state index is 6.00. The number of piperidine rings is 1. The van der Waals surface area contributed by atoms with Crippen molar-refractivity contribution in [1.82, 2.24) is 20.2 Å².